The van der Waals surface area contributed by atoms with Crippen molar-refractivity contribution >= 4 is 34.0 Å². The van der Waals surface area contributed by atoms with Crippen LogP contribution in [0.15, 0.2) is 71.5 Å². The Morgan fingerprint density at radius 2 is 1.76 bits per heavy atom. The van der Waals surface area contributed by atoms with E-state index in [9.17, 15) is 4.79 Å². The van der Waals surface area contributed by atoms with Crippen LogP contribution < -0.4 is 19.6 Å². The number of methoxy groups -OCH3 is 1. The Kier molecular flexibility index (Phi) is 6.04. The molecule has 0 bridgehead atoms. The number of aryl methyl sites for hydroxylation is 1. The van der Waals surface area contributed by atoms with E-state index in [1.54, 1.807) is 19.2 Å². The summed E-state index contributed by atoms with van der Waals surface area (Å²) in [5.41, 5.74) is 3.70. The molecule has 2 heterocycles. The molecule has 2 aromatic heterocycles. The number of aromatic nitrogens is 3. The molecule has 0 N–H and O–H groups in total. The van der Waals surface area contributed by atoms with Crippen molar-refractivity contribution in [3.63, 3.8) is 0 Å². The van der Waals surface area contributed by atoms with E-state index in [4.69, 9.17) is 21.1 Å². The van der Waals surface area contributed by atoms with Crippen LogP contribution in [0.25, 0.3) is 22.4 Å². The Morgan fingerprint density at radius 3 is 2.50 bits per heavy atom. The van der Waals surface area contributed by atoms with Crippen molar-refractivity contribution in [2.75, 3.05) is 7.11 Å². The molecule has 0 spiro atoms. The maximum Gasteiger partial charge on any atom is 0.276 e. The van der Waals surface area contributed by atoms with Crippen LogP contribution in [0.1, 0.15) is 16.7 Å². The quantitative estimate of drug-likeness (QED) is 0.339. The molecular formula is C26H20ClN3O3S. The lowest BCUT2D eigenvalue weighted by Crippen LogP contribution is -2.23. The number of ether oxygens (including phenoxy) is 2. The van der Waals surface area contributed by atoms with E-state index in [1.165, 1.54) is 21.3 Å². The normalized spacial score (nSPS) is 11.8. The third-order valence-electron chi connectivity index (χ3n) is 5.35. The minimum Gasteiger partial charge on any atom is -0.493 e. The molecule has 0 aliphatic heterocycles. The summed E-state index contributed by atoms with van der Waals surface area (Å²) in [6.07, 6.45) is 1.82. The number of thiazole rings is 1. The van der Waals surface area contributed by atoms with Crippen molar-refractivity contribution < 1.29 is 9.47 Å². The predicted octanol–water partition coefficient (Wildman–Crippen LogP) is 4.92. The van der Waals surface area contributed by atoms with Gasteiger partial charge in [0.2, 0.25) is 4.96 Å². The summed E-state index contributed by atoms with van der Waals surface area (Å²) in [5.74, 6) is 1.72. The van der Waals surface area contributed by atoms with Crippen LogP contribution in [0.3, 0.4) is 0 Å². The van der Waals surface area contributed by atoms with E-state index in [2.05, 4.69) is 29.3 Å². The summed E-state index contributed by atoms with van der Waals surface area (Å²) in [6.45, 7) is 2.49. The Balaban J connectivity index is 1.45. The maximum atomic E-state index is 13.1. The number of nitrogens with zero attached hydrogens (tertiary/aromatic N) is 3. The van der Waals surface area contributed by atoms with Gasteiger partial charge in [0, 0.05) is 10.6 Å². The standard InChI is InChI=1S/C26H20ClN3O3S/c1-16-3-5-17(6-4-16)15-33-21-12-7-18(13-22(21)32-2)14-23-25(31)30-24(28-29-26(30)34-23)19-8-10-20(27)11-9-19/h3-14H,15H2,1-2H3/b23-14-. The van der Waals surface area contributed by atoms with Gasteiger partial charge in [-0.2, -0.15) is 0 Å². The third-order valence-corrected chi connectivity index (χ3v) is 6.56. The molecule has 5 aromatic rings. The van der Waals surface area contributed by atoms with Gasteiger partial charge in [-0.25, -0.2) is 4.40 Å². The van der Waals surface area contributed by atoms with E-state index in [0.29, 0.717) is 38.4 Å². The molecule has 0 saturated carbocycles. The number of benzene rings is 3. The first-order valence-corrected chi connectivity index (χ1v) is 11.7. The second-order valence-electron chi connectivity index (χ2n) is 7.75. The molecule has 0 fully saturated rings. The van der Waals surface area contributed by atoms with Crippen LogP contribution in [0, 0.1) is 6.92 Å². The van der Waals surface area contributed by atoms with Gasteiger partial charge < -0.3 is 9.47 Å². The number of hydrogen-bond acceptors (Lipinski definition) is 6. The average Bonchev–Trinajstić information content (AvgIpc) is 3.39. The summed E-state index contributed by atoms with van der Waals surface area (Å²) in [7, 11) is 1.60. The lowest BCUT2D eigenvalue weighted by atomic mass is 10.1. The molecule has 170 valence electrons. The van der Waals surface area contributed by atoms with Gasteiger partial charge in [0.25, 0.3) is 5.56 Å². The van der Waals surface area contributed by atoms with Gasteiger partial charge in [-0.15, -0.1) is 10.2 Å². The van der Waals surface area contributed by atoms with Gasteiger partial charge in [-0.3, -0.25) is 4.79 Å². The molecule has 0 unspecified atom stereocenters. The van der Waals surface area contributed by atoms with Gasteiger partial charge >= 0.3 is 0 Å². The minimum absolute atomic E-state index is 0.173. The van der Waals surface area contributed by atoms with E-state index < -0.39 is 0 Å². The highest BCUT2D eigenvalue weighted by Gasteiger charge is 2.14. The molecule has 8 heteroatoms. The first kappa shape index (κ1) is 22.1. The molecular weight excluding hydrogens is 470 g/mol. The summed E-state index contributed by atoms with van der Waals surface area (Å²) in [4.78, 5) is 13.7. The highest BCUT2D eigenvalue weighted by Crippen LogP contribution is 2.29. The van der Waals surface area contributed by atoms with Crippen molar-refractivity contribution in [1.29, 1.82) is 0 Å². The van der Waals surface area contributed by atoms with Crippen LogP contribution >= 0.6 is 22.9 Å². The summed E-state index contributed by atoms with van der Waals surface area (Å²) in [5, 5.41) is 8.98. The SMILES string of the molecule is COc1cc(/C=c2\sc3nnc(-c4ccc(Cl)cc4)n3c2=O)ccc1OCc1ccc(C)cc1. The largest absolute Gasteiger partial charge is 0.493 e. The van der Waals surface area contributed by atoms with Crippen molar-refractivity contribution in [1.82, 2.24) is 14.6 Å². The summed E-state index contributed by atoms with van der Waals surface area (Å²) in [6, 6.07) is 21.0. The van der Waals surface area contributed by atoms with Gasteiger partial charge in [0.1, 0.15) is 6.61 Å². The number of hydrogen-bond donors (Lipinski definition) is 0. The lowest BCUT2D eigenvalue weighted by Gasteiger charge is -2.11. The molecule has 34 heavy (non-hydrogen) atoms. The number of halogens is 1. The summed E-state index contributed by atoms with van der Waals surface area (Å²) >= 11 is 7.27. The fraction of sp³-hybridized carbons (Fsp3) is 0.115. The van der Waals surface area contributed by atoms with Crippen molar-refractivity contribution in [3.05, 3.63) is 103 Å². The lowest BCUT2D eigenvalue weighted by molar-refractivity contribution is 0.284. The molecule has 3 aromatic carbocycles. The van der Waals surface area contributed by atoms with E-state index >= 15 is 0 Å². The first-order chi connectivity index (χ1) is 16.5. The molecule has 5 rings (SSSR count). The van der Waals surface area contributed by atoms with Crippen LogP contribution in [0.2, 0.25) is 5.02 Å². The number of rotatable bonds is 6. The van der Waals surface area contributed by atoms with Crippen molar-refractivity contribution in [2.24, 2.45) is 0 Å². The Bertz CT molecular complexity index is 1580. The van der Waals surface area contributed by atoms with Gasteiger partial charge in [-0.1, -0.05) is 58.8 Å². The zero-order valence-corrected chi connectivity index (χ0v) is 20.1. The van der Waals surface area contributed by atoms with Crippen LogP contribution in [0.4, 0.5) is 0 Å². The van der Waals surface area contributed by atoms with Crippen molar-refractivity contribution in [3.8, 4) is 22.9 Å². The fourth-order valence-electron chi connectivity index (χ4n) is 3.54. The van der Waals surface area contributed by atoms with Gasteiger partial charge in [0.15, 0.2) is 17.3 Å². The zero-order valence-electron chi connectivity index (χ0n) is 18.5. The van der Waals surface area contributed by atoms with Gasteiger partial charge in [0.05, 0.1) is 11.6 Å². The Morgan fingerprint density at radius 1 is 1.00 bits per heavy atom. The first-order valence-electron chi connectivity index (χ1n) is 10.5. The zero-order chi connectivity index (χ0) is 23.7. The number of fused-ring (bicyclic) bond motifs is 1. The Labute approximate surface area is 204 Å². The van der Waals surface area contributed by atoms with E-state index in [-0.39, 0.29) is 5.56 Å². The predicted molar refractivity (Wildman–Crippen MR) is 135 cm³/mol. The molecule has 0 amide bonds. The molecule has 0 aliphatic rings. The smallest absolute Gasteiger partial charge is 0.276 e. The van der Waals surface area contributed by atoms with Crippen LogP contribution in [0.5, 0.6) is 11.5 Å². The van der Waals surface area contributed by atoms with E-state index in [1.807, 2.05) is 48.5 Å². The third kappa shape index (κ3) is 4.40. The molecule has 0 saturated heterocycles. The monoisotopic (exact) mass is 489 g/mol. The fourth-order valence-corrected chi connectivity index (χ4v) is 4.58. The maximum absolute atomic E-state index is 13.1. The second kappa shape index (κ2) is 9.29. The van der Waals surface area contributed by atoms with Gasteiger partial charge in [-0.05, 0) is 60.5 Å². The van der Waals surface area contributed by atoms with E-state index in [0.717, 1.165) is 16.7 Å². The second-order valence-corrected chi connectivity index (χ2v) is 9.19. The van der Waals surface area contributed by atoms with Crippen LogP contribution in [-0.2, 0) is 6.61 Å². The molecule has 6 nitrogen and oxygen atoms in total. The summed E-state index contributed by atoms with van der Waals surface area (Å²) < 4.78 is 13.6. The average molecular weight is 490 g/mol. The molecule has 0 aliphatic carbocycles. The topological polar surface area (TPSA) is 65.7 Å². The minimum atomic E-state index is -0.173. The molecule has 0 radical (unpaired) electrons. The Hall–Kier alpha value is -3.68. The highest BCUT2D eigenvalue weighted by atomic mass is 35.5. The van der Waals surface area contributed by atoms with Crippen molar-refractivity contribution in [2.45, 2.75) is 13.5 Å². The van der Waals surface area contributed by atoms with Crippen LogP contribution in [-0.4, -0.2) is 21.7 Å². The highest BCUT2D eigenvalue weighted by molar-refractivity contribution is 7.15. The molecule has 0 atom stereocenters.